The molecule has 3 fully saturated rings. The van der Waals surface area contributed by atoms with E-state index in [0.29, 0.717) is 0 Å². The Morgan fingerprint density at radius 3 is 2.26 bits per heavy atom. The van der Waals surface area contributed by atoms with Gasteiger partial charge in [0.15, 0.2) is 0 Å². The van der Waals surface area contributed by atoms with Gasteiger partial charge >= 0.3 is 0 Å². The fraction of sp³-hybridized carbons (Fsp3) is 1.00. The van der Waals surface area contributed by atoms with Gasteiger partial charge in [0.2, 0.25) is 0 Å². The van der Waals surface area contributed by atoms with E-state index < -0.39 is 0 Å². The van der Waals surface area contributed by atoms with Gasteiger partial charge in [-0.25, -0.2) is 0 Å². The van der Waals surface area contributed by atoms with Crippen molar-refractivity contribution in [2.24, 2.45) is 0 Å². The summed E-state index contributed by atoms with van der Waals surface area (Å²) in [5, 5.41) is 0. The number of hydrogen-bond acceptors (Lipinski definition) is 6. The maximum absolute atomic E-state index is 6.00. The standard InChI is InChI=1S/C21H42N4O2/c1-3-7-23-8-5-20(6-9-23)25-15-17-27-21(18-25)19-26-16-14-24-12-10-22(4-2)11-13-24/h20-21H,3-19H2,1-2H3. The number of ether oxygens (including phenoxy) is 2. The smallest absolute Gasteiger partial charge is 0.0935 e. The van der Waals surface area contributed by atoms with Crippen LogP contribution in [-0.2, 0) is 9.47 Å². The summed E-state index contributed by atoms with van der Waals surface area (Å²) in [4.78, 5) is 10.3. The Balaban J connectivity index is 1.28. The lowest BCUT2D eigenvalue weighted by atomic mass is 10.0. The zero-order valence-corrected chi connectivity index (χ0v) is 17.8. The van der Waals surface area contributed by atoms with Crippen LogP contribution >= 0.6 is 0 Å². The second kappa shape index (κ2) is 11.7. The van der Waals surface area contributed by atoms with E-state index in [1.165, 1.54) is 71.6 Å². The summed E-state index contributed by atoms with van der Waals surface area (Å²) in [5.41, 5.74) is 0. The maximum atomic E-state index is 6.00. The lowest BCUT2D eigenvalue weighted by Gasteiger charge is -2.42. The number of hydrogen-bond donors (Lipinski definition) is 0. The van der Waals surface area contributed by atoms with Crippen molar-refractivity contribution in [3.05, 3.63) is 0 Å². The zero-order chi connectivity index (χ0) is 18.9. The zero-order valence-electron chi connectivity index (χ0n) is 17.8. The minimum absolute atomic E-state index is 0.254. The lowest BCUT2D eigenvalue weighted by molar-refractivity contribution is -0.0857. The molecule has 3 aliphatic heterocycles. The summed E-state index contributed by atoms with van der Waals surface area (Å²) in [5.74, 6) is 0. The summed E-state index contributed by atoms with van der Waals surface area (Å²) in [7, 11) is 0. The van der Waals surface area contributed by atoms with E-state index >= 15 is 0 Å². The van der Waals surface area contributed by atoms with E-state index in [0.717, 1.165) is 45.5 Å². The van der Waals surface area contributed by atoms with Gasteiger partial charge in [-0.3, -0.25) is 9.80 Å². The SMILES string of the molecule is CCCN1CCC(N2CCOC(COCCN3CCN(CC)CC3)C2)CC1. The van der Waals surface area contributed by atoms with Crippen molar-refractivity contribution < 1.29 is 9.47 Å². The molecule has 6 heteroatoms. The Hall–Kier alpha value is -0.240. The fourth-order valence-corrected chi connectivity index (χ4v) is 4.74. The molecule has 0 amide bonds. The highest BCUT2D eigenvalue weighted by molar-refractivity contribution is 4.83. The van der Waals surface area contributed by atoms with Crippen LogP contribution in [0, 0.1) is 0 Å². The number of piperazine rings is 1. The van der Waals surface area contributed by atoms with Crippen molar-refractivity contribution >= 4 is 0 Å². The number of likely N-dealkylation sites (tertiary alicyclic amines) is 1. The van der Waals surface area contributed by atoms with Crippen molar-refractivity contribution in [3.63, 3.8) is 0 Å². The van der Waals surface area contributed by atoms with Crippen molar-refractivity contribution in [2.45, 2.75) is 45.3 Å². The van der Waals surface area contributed by atoms with Gasteiger partial charge in [0, 0.05) is 51.9 Å². The lowest BCUT2D eigenvalue weighted by Crippen LogP contribution is -2.52. The van der Waals surface area contributed by atoms with Crippen LogP contribution in [0.4, 0.5) is 0 Å². The number of piperidine rings is 1. The van der Waals surface area contributed by atoms with Crippen molar-refractivity contribution in [3.8, 4) is 0 Å². The maximum Gasteiger partial charge on any atom is 0.0935 e. The van der Waals surface area contributed by atoms with Gasteiger partial charge in [-0.2, -0.15) is 0 Å². The summed E-state index contributed by atoms with van der Waals surface area (Å²) in [6.07, 6.45) is 4.16. The minimum atomic E-state index is 0.254. The molecule has 0 spiro atoms. The highest BCUT2D eigenvalue weighted by atomic mass is 16.5. The molecule has 158 valence electrons. The second-order valence-corrected chi connectivity index (χ2v) is 8.41. The molecule has 27 heavy (non-hydrogen) atoms. The van der Waals surface area contributed by atoms with E-state index in [2.05, 4.69) is 33.4 Å². The summed E-state index contributed by atoms with van der Waals surface area (Å²) in [6.45, 7) is 19.9. The second-order valence-electron chi connectivity index (χ2n) is 8.41. The first-order valence-corrected chi connectivity index (χ1v) is 11.4. The van der Waals surface area contributed by atoms with E-state index in [1.807, 2.05) is 0 Å². The molecule has 1 unspecified atom stereocenters. The average molecular weight is 383 g/mol. The van der Waals surface area contributed by atoms with Crippen molar-refractivity contribution in [1.29, 1.82) is 0 Å². The summed E-state index contributed by atoms with van der Waals surface area (Å²) >= 11 is 0. The molecule has 3 saturated heterocycles. The molecule has 3 heterocycles. The first-order valence-electron chi connectivity index (χ1n) is 11.4. The molecule has 0 aromatic carbocycles. The van der Waals surface area contributed by atoms with E-state index in [1.54, 1.807) is 0 Å². The molecule has 0 bridgehead atoms. The van der Waals surface area contributed by atoms with Gasteiger partial charge in [-0.1, -0.05) is 13.8 Å². The molecule has 1 atom stereocenters. The van der Waals surface area contributed by atoms with Crippen LogP contribution in [0.15, 0.2) is 0 Å². The van der Waals surface area contributed by atoms with Crippen LogP contribution in [0.5, 0.6) is 0 Å². The summed E-state index contributed by atoms with van der Waals surface area (Å²) < 4.78 is 12.0. The third-order valence-corrected chi connectivity index (χ3v) is 6.55. The average Bonchev–Trinajstić information content (AvgIpc) is 2.73. The van der Waals surface area contributed by atoms with Crippen LogP contribution < -0.4 is 0 Å². The highest BCUT2D eigenvalue weighted by Crippen LogP contribution is 2.19. The van der Waals surface area contributed by atoms with Gasteiger partial charge in [-0.05, 0) is 45.4 Å². The van der Waals surface area contributed by atoms with E-state index in [-0.39, 0.29) is 6.10 Å². The minimum Gasteiger partial charge on any atom is -0.377 e. The third kappa shape index (κ3) is 6.94. The predicted molar refractivity (Wildman–Crippen MR) is 110 cm³/mol. The van der Waals surface area contributed by atoms with Crippen LogP contribution in [0.1, 0.15) is 33.1 Å². The Bertz CT molecular complexity index is 396. The number of nitrogens with zero attached hydrogens (tertiary/aromatic N) is 4. The molecule has 6 nitrogen and oxygen atoms in total. The summed E-state index contributed by atoms with van der Waals surface area (Å²) in [6, 6.07) is 0.749. The quantitative estimate of drug-likeness (QED) is 0.558. The van der Waals surface area contributed by atoms with Crippen LogP contribution in [0.2, 0.25) is 0 Å². The molecule has 0 saturated carbocycles. The molecule has 0 aromatic rings. The topological polar surface area (TPSA) is 31.4 Å². The van der Waals surface area contributed by atoms with Crippen molar-refractivity contribution in [2.75, 3.05) is 91.8 Å². The van der Waals surface area contributed by atoms with Gasteiger partial charge in [-0.15, -0.1) is 0 Å². The Labute approximate surface area is 166 Å². The fourth-order valence-electron chi connectivity index (χ4n) is 4.74. The van der Waals surface area contributed by atoms with Gasteiger partial charge in [0.05, 0.1) is 25.9 Å². The van der Waals surface area contributed by atoms with Crippen LogP contribution in [0.3, 0.4) is 0 Å². The predicted octanol–water partition coefficient (Wildman–Crippen LogP) is 1.22. The molecule has 3 rings (SSSR count). The first kappa shape index (κ1) is 21.5. The van der Waals surface area contributed by atoms with Gasteiger partial charge in [0.25, 0.3) is 0 Å². The van der Waals surface area contributed by atoms with Crippen molar-refractivity contribution in [1.82, 2.24) is 19.6 Å². The Kier molecular flexibility index (Phi) is 9.29. The molecule has 0 aromatic heterocycles. The normalized spacial score (nSPS) is 28.0. The molecule has 0 aliphatic carbocycles. The number of morpholine rings is 1. The largest absolute Gasteiger partial charge is 0.377 e. The van der Waals surface area contributed by atoms with Crippen LogP contribution in [0.25, 0.3) is 0 Å². The molecular weight excluding hydrogens is 340 g/mol. The Morgan fingerprint density at radius 1 is 0.852 bits per heavy atom. The van der Waals surface area contributed by atoms with E-state index in [4.69, 9.17) is 9.47 Å². The monoisotopic (exact) mass is 382 g/mol. The molecular formula is C21H42N4O2. The van der Waals surface area contributed by atoms with Gasteiger partial charge in [0.1, 0.15) is 0 Å². The molecule has 0 N–H and O–H groups in total. The van der Waals surface area contributed by atoms with E-state index in [9.17, 15) is 0 Å². The third-order valence-electron chi connectivity index (χ3n) is 6.55. The highest BCUT2D eigenvalue weighted by Gasteiger charge is 2.29. The Morgan fingerprint density at radius 2 is 1.56 bits per heavy atom. The van der Waals surface area contributed by atoms with Gasteiger partial charge < -0.3 is 19.3 Å². The number of rotatable bonds is 9. The van der Waals surface area contributed by atoms with Crippen LogP contribution in [-0.4, -0.2) is 124 Å². The first-order chi connectivity index (χ1) is 13.3. The number of likely N-dealkylation sites (N-methyl/N-ethyl adjacent to an activating group) is 1. The molecule has 0 radical (unpaired) electrons. The molecule has 3 aliphatic rings.